The summed E-state index contributed by atoms with van der Waals surface area (Å²) in [5.74, 6) is 0.830. The van der Waals surface area contributed by atoms with Crippen LogP contribution < -0.4 is 5.32 Å². The Morgan fingerprint density at radius 2 is 2.14 bits per heavy atom. The van der Waals surface area contributed by atoms with Gasteiger partial charge in [0.2, 0.25) is 0 Å². The second-order valence-electron chi connectivity index (χ2n) is 5.70. The number of hydrogen-bond donors (Lipinski definition) is 2. The van der Waals surface area contributed by atoms with Gasteiger partial charge in [0.15, 0.2) is 0 Å². The lowest BCUT2D eigenvalue weighted by Crippen LogP contribution is -2.05. The molecule has 2 aromatic heterocycles. The van der Waals surface area contributed by atoms with E-state index < -0.39 is 0 Å². The molecule has 0 unspecified atom stereocenters. The minimum absolute atomic E-state index is 0.106. The van der Waals surface area contributed by atoms with Crippen LogP contribution >= 0.6 is 0 Å². The predicted molar refractivity (Wildman–Crippen MR) is 81.1 cm³/mol. The van der Waals surface area contributed by atoms with Gasteiger partial charge in [-0.1, -0.05) is 12.8 Å². The van der Waals surface area contributed by atoms with E-state index in [-0.39, 0.29) is 6.61 Å². The van der Waals surface area contributed by atoms with E-state index in [4.69, 9.17) is 5.11 Å². The average molecular weight is 289 g/mol. The maximum Gasteiger partial charge on any atom is 0.148 e. The molecule has 1 saturated carbocycles. The smallest absolute Gasteiger partial charge is 0.148 e. The molecule has 0 atom stereocenters. The highest BCUT2D eigenvalue weighted by Crippen LogP contribution is 2.29. The Hall–Kier alpha value is -1.82. The molecule has 0 aromatic carbocycles. The zero-order chi connectivity index (χ0) is 14.7. The second kappa shape index (κ2) is 6.30. The summed E-state index contributed by atoms with van der Waals surface area (Å²) >= 11 is 0. The van der Waals surface area contributed by atoms with Gasteiger partial charge in [-0.2, -0.15) is 10.2 Å². The number of nitrogens with zero attached hydrogens (tertiary/aromatic N) is 4. The lowest BCUT2D eigenvalue weighted by molar-refractivity contribution is 0.269. The highest BCUT2D eigenvalue weighted by atomic mass is 16.3. The Kier molecular flexibility index (Phi) is 4.24. The molecule has 1 aliphatic rings. The highest BCUT2D eigenvalue weighted by molar-refractivity contribution is 5.34. The topological polar surface area (TPSA) is 67.9 Å². The van der Waals surface area contributed by atoms with Gasteiger partial charge in [-0.25, -0.2) is 0 Å². The fraction of sp³-hybridized carbons (Fsp3) is 0.600. The van der Waals surface area contributed by atoms with E-state index in [0.29, 0.717) is 12.6 Å². The van der Waals surface area contributed by atoms with Crippen LogP contribution in [-0.4, -0.2) is 31.3 Å². The zero-order valence-corrected chi connectivity index (χ0v) is 12.5. The first kappa shape index (κ1) is 14.1. The summed E-state index contributed by atoms with van der Waals surface area (Å²) in [6.07, 6.45) is 9.18. The van der Waals surface area contributed by atoms with Crippen LogP contribution in [-0.2, 0) is 13.1 Å². The normalized spacial score (nSPS) is 15.7. The van der Waals surface area contributed by atoms with Crippen molar-refractivity contribution in [2.75, 3.05) is 11.9 Å². The van der Waals surface area contributed by atoms with Gasteiger partial charge in [-0.05, 0) is 19.8 Å². The molecule has 0 aliphatic heterocycles. The molecule has 0 saturated heterocycles. The van der Waals surface area contributed by atoms with Crippen LogP contribution in [0.2, 0.25) is 0 Å². The third-order valence-corrected chi connectivity index (χ3v) is 4.15. The van der Waals surface area contributed by atoms with E-state index in [9.17, 15) is 0 Å². The molecule has 2 N–H and O–H groups in total. The van der Waals surface area contributed by atoms with Crippen LogP contribution in [0, 0.1) is 6.92 Å². The zero-order valence-electron chi connectivity index (χ0n) is 12.5. The van der Waals surface area contributed by atoms with Crippen LogP contribution in [0.1, 0.15) is 43.0 Å². The largest absolute Gasteiger partial charge is 0.394 e. The van der Waals surface area contributed by atoms with Crippen molar-refractivity contribution in [3.05, 3.63) is 29.7 Å². The molecule has 3 rings (SSSR count). The molecule has 2 heterocycles. The van der Waals surface area contributed by atoms with Gasteiger partial charge in [0, 0.05) is 30.6 Å². The second-order valence-corrected chi connectivity index (χ2v) is 5.70. The van der Waals surface area contributed by atoms with E-state index in [0.717, 1.165) is 18.1 Å². The molecule has 0 radical (unpaired) electrons. The number of aliphatic hydroxyl groups excluding tert-OH is 1. The highest BCUT2D eigenvalue weighted by Gasteiger charge is 2.18. The minimum Gasteiger partial charge on any atom is -0.394 e. The van der Waals surface area contributed by atoms with Crippen LogP contribution in [0.5, 0.6) is 0 Å². The van der Waals surface area contributed by atoms with Crippen molar-refractivity contribution in [1.82, 2.24) is 19.6 Å². The standard InChI is InChI=1S/C15H23N5O/c1-12-13(11-20(17-12)14-4-2-3-5-14)10-16-15-6-7-19(18-15)8-9-21/h6-7,11,14,21H,2-5,8-10H2,1H3,(H,16,18). The molecule has 0 bridgehead atoms. The van der Waals surface area contributed by atoms with Crippen molar-refractivity contribution in [3.63, 3.8) is 0 Å². The number of nitrogens with one attached hydrogen (secondary N) is 1. The summed E-state index contributed by atoms with van der Waals surface area (Å²) in [6.45, 7) is 3.43. The number of aryl methyl sites for hydroxylation is 1. The molecule has 1 aliphatic carbocycles. The molecule has 6 nitrogen and oxygen atoms in total. The quantitative estimate of drug-likeness (QED) is 0.854. The Morgan fingerprint density at radius 1 is 1.33 bits per heavy atom. The maximum atomic E-state index is 8.89. The van der Waals surface area contributed by atoms with Crippen molar-refractivity contribution in [2.45, 2.75) is 51.7 Å². The molecular weight excluding hydrogens is 266 g/mol. The third kappa shape index (κ3) is 3.26. The van der Waals surface area contributed by atoms with Gasteiger partial charge >= 0.3 is 0 Å². The summed E-state index contributed by atoms with van der Waals surface area (Å²) < 4.78 is 3.88. The molecule has 21 heavy (non-hydrogen) atoms. The van der Waals surface area contributed by atoms with Gasteiger partial charge in [0.1, 0.15) is 5.82 Å². The monoisotopic (exact) mass is 289 g/mol. The van der Waals surface area contributed by atoms with E-state index >= 15 is 0 Å². The molecule has 2 aromatic rings. The first-order valence-electron chi connectivity index (χ1n) is 7.69. The Morgan fingerprint density at radius 3 is 2.90 bits per heavy atom. The summed E-state index contributed by atoms with van der Waals surface area (Å²) in [6, 6.07) is 2.51. The minimum atomic E-state index is 0.106. The molecule has 1 fully saturated rings. The fourth-order valence-electron chi connectivity index (χ4n) is 2.92. The first-order chi connectivity index (χ1) is 10.3. The fourth-order valence-corrected chi connectivity index (χ4v) is 2.92. The third-order valence-electron chi connectivity index (χ3n) is 4.15. The van der Waals surface area contributed by atoms with Crippen LogP contribution in [0.15, 0.2) is 18.5 Å². The molecular formula is C15H23N5O. The van der Waals surface area contributed by atoms with Crippen LogP contribution in [0.4, 0.5) is 5.82 Å². The lowest BCUT2D eigenvalue weighted by Gasteiger charge is -2.08. The SMILES string of the molecule is Cc1nn(C2CCCC2)cc1CNc1ccn(CCO)n1. The van der Waals surface area contributed by atoms with Gasteiger partial charge in [-0.3, -0.25) is 9.36 Å². The molecule has 0 spiro atoms. The summed E-state index contributed by atoms with van der Waals surface area (Å²) in [4.78, 5) is 0. The number of aliphatic hydroxyl groups is 1. The van der Waals surface area contributed by atoms with Crippen LogP contribution in [0.25, 0.3) is 0 Å². The van der Waals surface area contributed by atoms with E-state index in [1.54, 1.807) is 4.68 Å². The Balaban J connectivity index is 1.61. The van der Waals surface area contributed by atoms with Gasteiger partial charge < -0.3 is 10.4 Å². The van der Waals surface area contributed by atoms with E-state index in [1.807, 2.05) is 12.3 Å². The summed E-state index contributed by atoms with van der Waals surface area (Å²) in [7, 11) is 0. The van der Waals surface area contributed by atoms with E-state index in [1.165, 1.54) is 31.2 Å². The van der Waals surface area contributed by atoms with Gasteiger partial charge in [-0.15, -0.1) is 0 Å². The van der Waals surface area contributed by atoms with E-state index in [2.05, 4.69) is 33.3 Å². The maximum absolute atomic E-state index is 8.89. The molecule has 6 heteroatoms. The molecule has 0 amide bonds. The average Bonchev–Trinajstić information content (AvgIpc) is 3.17. The van der Waals surface area contributed by atoms with Crippen molar-refractivity contribution < 1.29 is 5.11 Å². The predicted octanol–water partition coefficient (Wildman–Crippen LogP) is 2.11. The summed E-state index contributed by atoms with van der Waals surface area (Å²) in [5, 5.41) is 21.2. The lowest BCUT2D eigenvalue weighted by atomic mass is 10.2. The number of rotatable bonds is 6. The molecule has 114 valence electrons. The number of aromatic nitrogens is 4. The van der Waals surface area contributed by atoms with Gasteiger partial charge in [0.25, 0.3) is 0 Å². The number of hydrogen-bond acceptors (Lipinski definition) is 4. The summed E-state index contributed by atoms with van der Waals surface area (Å²) in [5.41, 5.74) is 2.31. The first-order valence-corrected chi connectivity index (χ1v) is 7.69. The Bertz CT molecular complexity index is 583. The van der Waals surface area contributed by atoms with Gasteiger partial charge in [0.05, 0.1) is 24.9 Å². The Labute approximate surface area is 124 Å². The van der Waals surface area contributed by atoms with Crippen molar-refractivity contribution in [2.24, 2.45) is 0 Å². The van der Waals surface area contributed by atoms with Crippen molar-refractivity contribution in [3.8, 4) is 0 Å². The van der Waals surface area contributed by atoms with Crippen LogP contribution in [0.3, 0.4) is 0 Å². The van der Waals surface area contributed by atoms with Crippen molar-refractivity contribution >= 4 is 5.82 Å². The number of anilines is 1. The van der Waals surface area contributed by atoms with Crippen molar-refractivity contribution in [1.29, 1.82) is 0 Å².